The molecule has 14 nitrogen and oxygen atoms in total. The van der Waals surface area contributed by atoms with E-state index in [2.05, 4.69) is 50.9 Å². The van der Waals surface area contributed by atoms with Gasteiger partial charge in [0.25, 0.3) is 11.8 Å². The lowest BCUT2D eigenvalue weighted by Gasteiger charge is -2.39. The molecule has 2 amide bonds. The number of hydrogen-bond donors (Lipinski definition) is 5. The summed E-state index contributed by atoms with van der Waals surface area (Å²) < 4.78 is 15.4. The number of hydrogen-bond acceptors (Lipinski definition) is 10. The maximum Gasteiger partial charge on any atom is 0.268 e. The Bertz CT molecular complexity index is 2370. The van der Waals surface area contributed by atoms with Gasteiger partial charge in [0.05, 0.1) is 24.2 Å². The number of ether oxygens (including phenoxy) is 2. The van der Waals surface area contributed by atoms with Gasteiger partial charge in [-0.05, 0) is 69.1 Å². The average Bonchev–Trinajstić information content (AvgIpc) is 3.90. The van der Waals surface area contributed by atoms with Gasteiger partial charge in [0.2, 0.25) is 0 Å². The molecule has 4 bridgehead atoms. The summed E-state index contributed by atoms with van der Waals surface area (Å²) in [5, 5.41) is 25.5. The van der Waals surface area contributed by atoms with E-state index >= 15 is 0 Å². The van der Waals surface area contributed by atoms with E-state index in [1.807, 2.05) is 45.5 Å². The Balaban J connectivity index is 0.000000148. The normalized spacial score (nSPS) is 27.7. The van der Waals surface area contributed by atoms with E-state index in [0.717, 1.165) is 47.9 Å². The van der Waals surface area contributed by atoms with E-state index in [0.29, 0.717) is 99.3 Å². The van der Waals surface area contributed by atoms with Gasteiger partial charge in [-0.1, -0.05) is 23.7 Å². The number of fused-ring (bicyclic) bond motifs is 10. The zero-order valence-electron chi connectivity index (χ0n) is 31.8. The van der Waals surface area contributed by atoms with Crippen LogP contribution in [0.3, 0.4) is 0 Å². The van der Waals surface area contributed by atoms with Gasteiger partial charge in [-0.3, -0.25) is 9.59 Å². The molecule has 7 N–H and O–H groups in total. The van der Waals surface area contributed by atoms with Gasteiger partial charge in [-0.15, -0.1) is 0 Å². The SMILES string of the molecule is CN1C2CCC1CC(O)(C#Cc1ccc3c(c1)-c1nc(C(N)=O)cn1CCO3)C2.NC(=O)c1cn2c(n1)-c1cc(C#CC3(O)CC4CCC(C3)N4)ccc1OCC2. The van der Waals surface area contributed by atoms with Crippen molar-refractivity contribution in [2.75, 3.05) is 20.3 Å². The summed E-state index contributed by atoms with van der Waals surface area (Å²) in [5.41, 5.74) is 12.5. The van der Waals surface area contributed by atoms with Gasteiger partial charge < -0.3 is 50.5 Å². The molecule has 4 saturated heterocycles. The lowest BCUT2D eigenvalue weighted by atomic mass is 9.86. The largest absolute Gasteiger partial charge is 0.491 e. The van der Waals surface area contributed by atoms with E-state index in [-0.39, 0.29) is 11.4 Å². The third-order valence-electron chi connectivity index (χ3n) is 12.2. The Hall–Kier alpha value is -5.64. The summed E-state index contributed by atoms with van der Waals surface area (Å²) in [4.78, 5) is 34.2. The van der Waals surface area contributed by atoms with Crippen molar-refractivity contribution in [3.05, 3.63) is 71.3 Å². The predicted molar refractivity (Wildman–Crippen MR) is 210 cm³/mol. The van der Waals surface area contributed by atoms with Gasteiger partial charge in [-0.2, -0.15) is 0 Å². The summed E-state index contributed by atoms with van der Waals surface area (Å²) in [6.45, 7) is 2.13. The Morgan fingerprint density at radius 2 is 1.19 bits per heavy atom. The first-order valence-corrected chi connectivity index (χ1v) is 19.7. The van der Waals surface area contributed by atoms with Crippen molar-refractivity contribution in [1.29, 1.82) is 0 Å². The standard InChI is InChI=1S/C22H24N4O3.C21H22N4O3/c1-25-15-3-4-16(25)12-22(28,11-15)7-6-14-2-5-19-17(10-14)21-24-18(20(23)27)13-26(21)8-9-29-19;22-19(26)17-12-25-7-8-28-18-4-1-13(9-16(18)20(25)24-17)5-6-21(27)10-14-2-3-15(11-21)23-14/h2,5,10,13,15-16,28H,3-4,8-9,11-12H2,1H3,(H2,23,27);1,4,9,12,14-15,23,27H,2-3,7-8,10-11H2,(H2,22,26). The number of nitrogens with one attached hydrogen (secondary N) is 1. The Labute approximate surface area is 330 Å². The highest BCUT2D eigenvalue weighted by Gasteiger charge is 2.45. The number of aliphatic hydroxyl groups is 2. The second-order valence-electron chi connectivity index (χ2n) is 16.2. The van der Waals surface area contributed by atoms with E-state index in [1.165, 1.54) is 0 Å². The Morgan fingerprint density at radius 3 is 1.65 bits per heavy atom. The van der Waals surface area contributed by atoms with Gasteiger partial charge in [0, 0.05) is 73.4 Å². The van der Waals surface area contributed by atoms with Crippen molar-refractivity contribution in [3.63, 3.8) is 0 Å². The molecule has 0 saturated carbocycles. The van der Waals surface area contributed by atoms with Gasteiger partial charge >= 0.3 is 0 Å². The first-order valence-electron chi connectivity index (χ1n) is 19.7. The highest BCUT2D eigenvalue weighted by Crippen LogP contribution is 2.40. The number of nitrogens with zero attached hydrogens (tertiary/aromatic N) is 5. The summed E-state index contributed by atoms with van der Waals surface area (Å²) in [5.74, 6) is 14.1. The van der Waals surface area contributed by atoms with Crippen LogP contribution in [0.1, 0.15) is 83.5 Å². The molecular weight excluding hydrogens is 725 g/mol. The summed E-state index contributed by atoms with van der Waals surface area (Å²) in [6, 6.07) is 12.9. The number of imidazole rings is 2. The number of nitrogens with two attached hydrogens (primary N) is 2. The topological polar surface area (TPSA) is 196 Å². The van der Waals surface area contributed by atoms with Crippen LogP contribution in [0.5, 0.6) is 11.5 Å². The first kappa shape index (κ1) is 37.0. The van der Waals surface area contributed by atoms with Crippen LogP contribution in [0.4, 0.5) is 0 Å². The van der Waals surface area contributed by atoms with Crippen LogP contribution in [0.25, 0.3) is 22.8 Å². The van der Waals surface area contributed by atoms with Crippen molar-refractivity contribution >= 4 is 11.8 Å². The lowest BCUT2D eigenvalue weighted by Crippen LogP contribution is -2.48. The van der Waals surface area contributed by atoms with Crippen LogP contribution in [-0.4, -0.2) is 102 Å². The quantitative estimate of drug-likeness (QED) is 0.189. The molecule has 57 heavy (non-hydrogen) atoms. The summed E-state index contributed by atoms with van der Waals surface area (Å²) >= 11 is 0. The lowest BCUT2D eigenvalue weighted by molar-refractivity contribution is -0.000215. The number of carbonyl (C=O) groups is 2. The van der Waals surface area contributed by atoms with E-state index < -0.39 is 23.0 Å². The number of benzene rings is 2. The number of carbonyl (C=O) groups excluding carboxylic acids is 2. The van der Waals surface area contributed by atoms with Crippen molar-refractivity contribution in [3.8, 4) is 58.0 Å². The third kappa shape index (κ3) is 7.38. The Morgan fingerprint density at radius 1 is 0.737 bits per heavy atom. The molecule has 8 heterocycles. The second kappa shape index (κ2) is 14.4. The monoisotopic (exact) mass is 770 g/mol. The molecule has 0 radical (unpaired) electrons. The molecule has 4 atom stereocenters. The first-order chi connectivity index (χ1) is 27.4. The highest BCUT2D eigenvalue weighted by atomic mass is 16.5. The van der Waals surface area contributed by atoms with Gasteiger partial charge in [-0.25, -0.2) is 9.97 Å². The van der Waals surface area contributed by atoms with E-state index in [9.17, 15) is 19.8 Å². The van der Waals surface area contributed by atoms with Crippen LogP contribution in [0.15, 0.2) is 48.8 Å². The number of amides is 2. The summed E-state index contributed by atoms with van der Waals surface area (Å²) in [6.07, 6.45) is 10.5. The molecule has 4 unspecified atom stereocenters. The molecule has 2 aromatic carbocycles. The van der Waals surface area contributed by atoms with Crippen molar-refractivity contribution < 1.29 is 29.3 Å². The minimum absolute atomic E-state index is 0.235. The van der Waals surface area contributed by atoms with Crippen molar-refractivity contribution in [2.24, 2.45) is 11.5 Å². The fraction of sp³-hybridized carbons (Fsp3) is 0.442. The van der Waals surface area contributed by atoms with Crippen LogP contribution in [0.2, 0.25) is 0 Å². The molecule has 4 aromatic rings. The average molecular weight is 771 g/mol. The van der Waals surface area contributed by atoms with E-state index in [4.69, 9.17) is 20.9 Å². The predicted octanol–water partition coefficient (Wildman–Crippen LogP) is 2.42. The molecule has 6 aliphatic rings. The van der Waals surface area contributed by atoms with Crippen LogP contribution in [0, 0.1) is 23.7 Å². The number of rotatable bonds is 2. The van der Waals surface area contributed by atoms with Crippen molar-refractivity contribution in [2.45, 2.75) is 99.8 Å². The fourth-order valence-corrected chi connectivity index (χ4v) is 9.31. The fourth-order valence-electron chi connectivity index (χ4n) is 9.31. The summed E-state index contributed by atoms with van der Waals surface area (Å²) in [7, 11) is 2.14. The highest BCUT2D eigenvalue weighted by molar-refractivity contribution is 5.92. The van der Waals surface area contributed by atoms with Crippen LogP contribution >= 0.6 is 0 Å². The van der Waals surface area contributed by atoms with Gasteiger partial charge in [0.15, 0.2) is 0 Å². The van der Waals surface area contributed by atoms with Crippen LogP contribution in [-0.2, 0) is 13.1 Å². The minimum atomic E-state index is -0.946. The smallest absolute Gasteiger partial charge is 0.268 e. The molecule has 14 heteroatoms. The maximum absolute atomic E-state index is 11.5. The molecule has 4 fully saturated rings. The number of aromatic nitrogens is 4. The molecule has 0 spiro atoms. The molecule has 294 valence electrons. The second-order valence-corrected chi connectivity index (χ2v) is 16.2. The van der Waals surface area contributed by atoms with E-state index in [1.54, 1.807) is 12.4 Å². The van der Waals surface area contributed by atoms with Crippen molar-refractivity contribution in [1.82, 2.24) is 29.3 Å². The number of primary amides is 2. The zero-order valence-corrected chi connectivity index (χ0v) is 31.8. The zero-order chi connectivity index (χ0) is 39.5. The Kier molecular flexibility index (Phi) is 9.33. The third-order valence-corrected chi connectivity index (χ3v) is 12.2. The molecule has 10 rings (SSSR count). The minimum Gasteiger partial charge on any atom is -0.491 e. The molecule has 2 aromatic heterocycles. The number of piperidine rings is 2. The molecule has 0 aliphatic carbocycles. The molecule has 6 aliphatic heterocycles. The maximum atomic E-state index is 11.5. The van der Waals surface area contributed by atoms with Crippen LogP contribution < -0.4 is 26.3 Å². The molecular formula is C43H46N8O6. The van der Waals surface area contributed by atoms with Gasteiger partial charge in [0.1, 0.15) is 59.0 Å².